The fourth-order valence-corrected chi connectivity index (χ4v) is 3.54. The molecule has 2 heterocycles. The van der Waals surface area contributed by atoms with E-state index in [1.807, 2.05) is 36.2 Å². The van der Waals surface area contributed by atoms with Crippen LogP contribution >= 0.6 is 11.6 Å². The van der Waals surface area contributed by atoms with Gasteiger partial charge in [0.05, 0.1) is 5.92 Å². The van der Waals surface area contributed by atoms with Crippen molar-refractivity contribution in [1.82, 2.24) is 10.2 Å². The Kier molecular flexibility index (Phi) is 3.50. The molecular weight excluding hydrogens is 260 g/mol. The summed E-state index contributed by atoms with van der Waals surface area (Å²) in [5.41, 5.74) is 1.01. The second-order valence-corrected chi connectivity index (χ2v) is 6.08. The van der Waals surface area contributed by atoms with Gasteiger partial charge in [0.1, 0.15) is 0 Å². The van der Waals surface area contributed by atoms with Crippen LogP contribution in [0.25, 0.3) is 0 Å². The number of rotatable bonds is 3. The van der Waals surface area contributed by atoms with Crippen LogP contribution in [0.15, 0.2) is 24.3 Å². The van der Waals surface area contributed by atoms with Crippen molar-refractivity contribution in [2.75, 3.05) is 7.05 Å². The second-order valence-electron chi connectivity index (χ2n) is 5.68. The Morgan fingerprint density at radius 2 is 2.21 bits per heavy atom. The van der Waals surface area contributed by atoms with Crippen molar-refractivity contribution in [3.8, 4) is 0 Å². The van der Waals surface area contributed by atoms with Gasteiger partial charge in [-0.2, -0.15) is 0 Å². The predicted octanol–water partition coefficient (Wildman–Crippen LogP) is 2.44. The number of nitrogens with one attached hydrogen (secondary N) is 1. The van der Waals surface area contributed by atoms with E-state index in [9.17, 15) is 4.79 Å². The lowest BCUT2D eigenvalue weighted by atomic mass is 9.88. The maximum absolute atomic E-state index is 12.5. The summed E-state index contributed by atoms with van der Waals surface area (Å²) in [5.74, 6) is 0.408. The molecule has 0 saturated carbocycles. The lowest BCUT2D eigenvalue weighted by Gasteiger charge is -2.26. The Labute approximate surface area is 118 Å². The first kappa shape index (κ1) is 12.9. The van der Waals surface area contributed by atoms with Crippen molar-refractivity contribution >= 4 is 17.5 Å². The van der Waals surface area contributed by atoms with Crippen LogP contribution in [0.1, 0.15) is 24.8 Å². The summed E-state index contributed by atoms with van der Waals surface area (Å²) in [4.78, 5) is 14.3. The molecule has 4 heteroatoms. The standard InChI is InChI=1S/C15H19ClN2O/c1-18(9-10-4-2-3-5-13(10)16)15(19)12-8-11-6-7-14(12)17-11/h2-5,11-12,14,17H,6-9H2,1H3. The first-order valence-electron chi connectivity index (χ1n) is 6.89. The van der Waals surface area contributed by atoms with E-state index in [0.29, 0.717) is 18.6 Å². The molecule has 1 aromatic carbocycles. The average molecular weight is 279 g/mol. The van der Waals surface area contributed by atoms with Gasteiger partial charge in [-0.05, 0) is 30.9 Å². The molecule has 2 fully saturated rings. The van der Waals surface area contributed by atoms with Gasteiger partial charge in [-0.3, -0.25) is 4.79 Å². The van der Waals surface area contributed by atoms with Crippen LogP contribution in [-0.4, -0.2) is 29.9 Å². The van der Waals surface area contributed by atoms with Gasteiger partial charge in [0.25, 0.3) is 0 Å². The van der Waals surface area contributed by atoms with Crippen molar-refractivity contribution in [2.45, 2.75) is 37.9 Å². The fourth-order valence-electron chi connectivity index (χ4n) is 3.34. The molecule has 3 unspecified atom stereocenters. The number of halogens is 1. The number of nitrogens with zero attached hydrogens (tertiary/aromatic N) is 1. The fraction of sp³-hybridized carbons (Fsp3) is 0.533. The molecule has 0 radical (unpaired) electrons. The van der Waals surface area contributed by atoms with Crippen molar-refractivity contribution in [2.24, 2.45) is 5.92 Å². The van der Waals surface area contributed by atoms with Crippen LogP contribution in [0.3, 0.4) is 0 Å². The van der Waals surface area contributed by atoms with Crippen molar-refractivity contribution in [3.63, 3.8) is 0 Å². The van der Waals surface area contributed by atoms with Gasteiger partial charge in [0.15, 0.2) is 0 Å². The predicted molar refractivity (Wildman–Crippen MR) is 76.0 cm³/mol. The molecule has 3 rings (SSSR count). The normalized spacial score (nSPS) is 28.6. The maximum Gasteiger partial charge on any atom is 0.227 e. The minimum absolute atomic E-state index is 0.159. The quantitative estimate of drug-likeness (QED) is 0.921. The largest absolute Gasteiger partial charge is 0.341 e. The summed E-state index contributed by atoms with van der Waals surface area (Å²) >= 11 is 6.15. The molecule has 102 valence electrons. The number of carbonyl (C=O) groups is 1. The third-order valence-electron chi connectivity index (χ3n) is 4.36. The average Bonchev–Trinajstić information content (AvgIpc) is 3.03. The smallest absolute Gasteiger partial charge is 0.227 e. The summed E-state index contributed by atoms with van der Waals surface area (Å²) < 4.78 is 0. The minimum Gasteiger partial charge on any atom is -0.341 e. The molecule has 0 aliphatic carbocycles. The van der Waals surface area contributed by atoms with Gasteiger partial charge in [-0.1, -0.05) is 29.8 Å². The highest BCUT2D eigenvalue weighted by Crippen LogP contribution is 2.34. The van der Waals surface area contributed by atoms with Gasteiger partial charge < -0.3 is 10.2 Å². The van der Waals surface area contributed by atoms with Gasteiger partial charge >= 0.3 is 0 Å². The Balaban J connectivity index is 1.66. The molecular formula is C15H19ClN2O. The van der Waals surface area contributed by atoms with Crippen LogP contribution in [0.4, 0.5) is 0 Å². The highest BCUT2D eigenvalue weighted by Gasteiger charge is 2.43. The summed E-state index contributed by atoms with van der Waals surface area (Å²) in [7, 11) is 1.87. The van der Waals surface area contributed by atoms with E-state index < -0.39 is 0 Å². The molecule has 2 saturated heterocycles. The highest BCUT2D eigenvalue weighted by atomic mass is 35.5. The first-order chi connectivity index (χ1) is 9.15. The lowest BCUT2D eigenvalue weighted by Crippen LogP contribution is -2.38. The zero-order chi connectivity index (χ0) is 13.4. The van der Waals surface area contributed by atoms with Gasteiger partial charge in [-0.25, -0.2) is 0 Å². The van der Waals surface area contributed by atoms with Gasteiger partial charge in [0, 0.05) is 30.7 Å². The summed E-state index contributed by atoms with van der Waals surface area (Å²) in [5, 5.41) is 4.25. The zero-order valence-electron chi connectivity index (χ0n) is 11.1. The van der Waals surface area contributed by atoms with E-state index in [2.05, 4.69) is 5.32 Å². The molecule has 2 aliphatic heterocycles. The maximum atomic E-state index is 12.5. The highest BCUT2D eigenvalue weighted by molar-refractivity contribution is 6.31. The number of amides is 1. The Hall–Kier alpha value is -1.06. The van der Waals surface area contributed by atoms with Crippen LogP contribution in [0.2, 0.25) is 5.02 Å². The van der Waals surface area contributed by atoms with Gasteiger partial charge in [0.2, 0.25) is 5.91 Å². The minimum atomic E-state index is 0.159. The monoisotopic (exact) mass is 278 g/mol. The van der Waals surface area contributed by atoms with E-state index in [0.717, 1.165) is 23.4 Å². The molecule has 0 aromatic heterocycles. The number of fused-ring (bicyclic) bond motifs is 2. The Bertz CT molecular complexity index is 491. The third kappa shape index (κ3) is 2.49. The van der Waals surface area contributed by atoms with E-state index in [1.165, 1.54) is 6.42 Å². The van der Waals surface area contributed by atoms with E-state index in [4.69, 9.17) is 11.6 Å². The molecule has 1 amide bonds. The molecule has 1 N–H and O–H groups in total. The third-order valence-corrected chi connectivity index (χ3v) is 4.73. The molecule has 19 heavy (non-hydrogen) atoms. The zero-order valence-corrected chi connectivity index (χ0v) is 11.9. The summed E-state index contributed by atoms with van der Waals surface area (Å²) in [6.45, 7) is 0.590. The molecule has 1 aromatic rings. The van der Waals surface area contributed by atoms with Crippen LogP contribution in [-0.2, 0) is 11.3 Å². The molecule has 0 spiro atoms. The van der Waals surface area contributed by atoms with E-state index in [1.54, 1.807) is 0 Å². The topological polar surface area (TPSA) is 32.3 Å². The number of benzene rings is 1. The van der Waals surface area contributed by atoms with Crippen LogP contribution in [0, 0.1) is 5.92 Å². The number of hydrogen-bond acceptors (Lipinski definition) is 2. The van der Waals surface area contributed by atoms with E-state index >= 15 is 0 Å². The van der Waals surface area contributed by atoms with Gasteiger partial charge in [-0.15, -0.1) is 0 Å². The van der Waals surface area contributed by atoms with Crippen LogP contribution < -0.4 is 5.32 Å². The summed E-state index contributed by atoms with van der Waals surface area (Å²) in [6, 6.07) is 8.67. The summed E-state index contributed by atoms with van der Waals surface area (Å²) in [6.07, 6.45) is 3.36. The number of hydrogen-bond donors (Lipinski definition) is 1. The van der Waals surface area contributed by atoms with Crippen molar-refractivity contribution in [3.05, 3.63) is 34.9 Å². The van der Waals surface area contributed by atoms with Crippen molar-refractivity contribution < 1.29 is 4.79 Å². The molecule has 3 nitrogen and oxygen atoms in total. The molecule has 3 atom stereocenters. The Morgan fingerprint density at radius 3 is 2.84 bits per heavy atom. The second kappa shape index (κ2) is 5.14. The SMILES string of the molecule is CN(Cc1ccccc1Cl)C(=O)C1CC2CCC1N2. The number of carbonyl (C=O) groups excluding carboxylic acids is 1. The Morgan fingerprint density at radius 1 is 1.42 bits per heavy atom. The van der Waals surface area contributed by atoms with Crippen molar-refractivity contribution in [1.29, 1.82) is 0 Å². The van der Waals surface area contributed by atoms with E-state index in [-0.39, 0.29) is 11.8 Å². The molecule has 2 aliphatic rings. The lowest BCUT2D eigenvalue weighted by molar-refractivity contribution is -0.135. The van der Waals surface area contributed by atoms with Crippen LogP contribution in [0.5, 0.6) is 0 Å². The first-order valence-corrected chi connectivity index (χ1v) is 7.27. The molecule has 2 bridgehead atoms.